The van der Waals surface area contributed by atoms with Gasteiger partial charge in [-0.1, -0.05) is 0 Å². The number of hydrogen-bond acceptors (Lipinski definition) is 6. The number of carbonyl (C=O) groups excluding carboxylic acids is 1. The monoisotopic (exact) mass is 409 g/mol. The Morgan fingerprint density at radius 1 is 1.07 bits per heavy atom. The first-order valence-electron chi connectivity index (χ1n) is 10.4. The van der Waals surface area contributed by atoms with Gasteiger partial charge in [0.25, 0.3) is 0 Å². The summed E-state index contributed by atoms with van der Waals surface area (Å²) in [5, 5.41) is 7.56. The van der Waals surface area contributed by atoms with Gasteiger partial charge in [0, 0.05) is 18.0 Å². The molecule has 0 spiro atoms. The minimum atomic E-state index is -2.86. The van der Waals surface area contributed by atoms with Gasteiger partial charge in [0.05, 0.1) is 23.7 Å². The smallest absolute Gasteiger partial charge is 0.228 e. The first kappa shape index (κ1) is 19.8. The van der Waals surface area contributed by atoms with Crippen molar-refractivity contribution in [1.29, 1.82) is 0 Å². The maximum Gasteiger partial charge on any atom is 0.228 e. The first-order chi connectivity index (χ1) is 13.4. The molecule has 1 aromatic heterocycles. The van der Waals surface area contributed by atoms with Gasteiger partial charge >= 0.3 is 0 Å². The second kappa shape index (κ2) is 8.12. The zero-order valence-corrected chi connectivity index (χ0v) is 17.4. The van der Waals surface area contributed by atoms with Crippen LogP contribution in [-0.2, 0) is 14.6 Å². The van der Waals surface area contributed by atoms with Crippen LogP contribution >= 0.6 is 0 Å². The lowest BCUT2D eigenvalue weighted by Gasteiger charge is -2.35. The molecular weight excluding hydrogens is 378 g/mol. The van der Waals surface area contributed by atoms with Gasteiger partial charge in [-0.15, -0.1) is 0 Å². The molecular formula is C19H31N5O3S. The second-order valence-corrected chi connectivity index (χ2v) is 10.8. The van der Waals surface area contributed by atoms with Crippen LogP contribution in [0.2, 0.25) is 0 Å². The Morgan fingerprint density at radius 3 is 2.43 bits per heavy atom. The summed E-state index contributed by atoms with van der Waals surface area (Å²) in [6.07, 6.45) is 6.15. The molecule has 0 bridgehead atoms. The van der Waals surface area contributed by atoms with E-state index in [1.807, 2.05) is 10.7 Å². The average Bonchev–Trinajstić information content (AvgIpc) is 3.28. The van der Waals surface area contributed by atoms with Crippen molar-refractivity contribution in [3.63, 3.8) is 0 Å². The molecule has 1 atom stereocenters. The lowest BCUT2D eigenvalue weighted by Crippen LogP contribution is -2.44. The highest BCUT2D eigenvalue weighted by Gasteiger charge is 2.35. The van der Waals surface area contributed by atoms with Crippen LogP contribution in [0.4, 0.5) is 5.82 Å². The van der Waals surface area contributed by atoms with Crippen molar-refractivity contribution in [2.75, 3.05) is 50.0 Å². The summed E-state index contributed by atoms with van der Waals surface area (Å²) in [6.45, 7) is 3.69. The van der Waals surface area contributed by atoms with Crippen molar-refractivity contribution in [3.8, 4) is 0 Å². The molecule has 28 heavy (non-hydrogen) atoms. The van der Waals surface area contributed by atoms with Crippen LogP contribution in [0.15, 0.2) is 12.3 Å². The van der Waals surface area contributed by atoms with E-state index in [4.69, 9.17) is 0 Å². The number of carbonyl (C=O) groups is 1. The van der Waals surface area contributed by atoms with Gasteiger partial charge in [-0.3, -0.25) is 9.69 Å². The number of anilines is 1. The van der Waals surface area contributed by atoms with E-state index < -0.39 is 9.84 Å². The summed E-state index contributed by atoms with van der Waals surface area (Å²) in [5.74, 6) is 1.42. The zero-order chi connectivity index (χ0) is 19.7. The zero-order valence-electron chi connectivity index (χ0n) is 16.6. The maximum atomic E-state index is 12.8. The SMILES string of the molecule is CN1CCC(n2nccc2NC(=O)C2CCN(C3CCS(=O)(=O)C3)CC2)CC1. The fourth-order valence-electron chi connectivity index (χ4n) is 4.76. The largest absolute Gasteiger partial charge is 0.311 e. The lowest BCUT2D eigenvalue weighted by atomic mass is 9.94. The molecule has 156 valence electrons. The maximum absolute atomic E-state index is 12.8. The van der Waals surface area contributed by atoms with Crippen LogP contribution < -0.4 is 5.32 Å². The molecule has 4 rings (SSSR count). The second-order valence-electron chi connectivity index (χ2n) is 8.55. The fourth-order valence-corrected chi connectivity index (χ4v) is 6.52. The van der Waals surface area contributed by atoms with Crippen LogP contribution in [0.5, 0.6) is 0 Å². The van der Waals surface area contributed by atoms with Gasteiger partial charge in [-0.2, -0.15) is 5.10 Å². The Kier molecular flexibility index (Phi) is 5.76. The minimum absolute atomic E-state index is 0.0184. The summed E-state index contributed by atoms with van der Waals surface area (Å²) < 4.78 is 25.4. The number of hydrogen-bond donors (Lipinski definition) is 1. The van der Waals surface area contributed by atoms with E-state index in [-0.39, 0.29) is 23.6 Å². The van der Waals surface area contributed by atoms with Crippen LogP contribution in [0.3, 0.4) is 0 Å². The van der Waals surface area contributed by atoms with Crippen LogP contribution in [0.1, 0.15) is 38.1 Å². The molecule has 8 nitrogen and oxygen atoms in total. The molecule has 3 aliphatic heterocycles. The number of nitrogens with zero attached hydrogens (tertiary/aromatic N) is 4. The molecule has 1 amide bonds. The van der Waals surface area contributed by atoms with Gasteiger partial charge in [0.15, 0.2) is 9.84 Å². The number of amides is 1. The molecule has 1 N–H and O–H groups in total. The van der Waals surface area contributed by atoms with Gasteiger partial charge in [-0.05, 0) is 65.3 Å². The minimum Gasteiger partial charge on any atom is -0.311 e. The van der Waals surface area contributed by atoms with Crippen molar-refractivity contribution in [2.24, 2.45) is 5.92 Å². The summed E-state index contributed by atoms with van der Waals surface area (Å²) in [5.41, 5.74) is 0. The standard InChI is InChI=1S/C19H31N5O3S/c1-22-9-5-16(6-10-22)24-18(2-8-20-24)21-19(25)15-3-11-23(12-4-15)17-7-13-28(26,27)14-17/h2,8,15-17H,3-7,9-14H2,1H3,(H,21,25). The van der Waals surface area contributed by atoms with Crippen LogP contribution in [0.25, 0.3) is 0 Å². The number of aromatic nitrogens is 2. The summed E-state index contributed by atoms with van der Waals surface area (Å²) >= 11 is 0. The quantitative estimate of drug-likeness (QED) is 0.798. The first-order valence-corrected chi connectivity index (χ1v) is 12.2. The highest BCUT2D eigenvalue weighted by atomic mass is 32.2. The Balaban J connectivity index is 1.30. The Labute approximate surface area is 167 Å². The van der Waals surface area contributed by atoms with E-state index in [9.17, 15) is 13.2 Å². The number of sulfone groups is 1. The predicted molar refractivity (Wildman–Crippen MR) is 108 cm³/mol. The Bertz CT molecular complexity index is 792. The molecule has 4 heterocycles. The molecule has 3 aliphatic rings. The molecule has 3 fully saturated rings. The number of piperidine rings is 2. The van der Waals surface area contributed by atoms with E-state index in [1.54, 1.807) is 6.20 Å². The van der Waals surface area contributed by atoms with Crippen LogP contribution in [-0.4, -0.2) is 84.7 Å². The average molecular weight is 410 g/mol. The molecule has 0 aliphatic carbocycles. The summed E-state index contributed by atoms with van der Waals surface area (Å²) in [7, 11) is -0.727. The van der Waals surface area contributed by atoms with Crippen LogP contribution in [0, 0.1) is 5.92 Å². The molecule has 3 saturated heterocycles. The lowest BCUT2D eigenvalue weighted by molar-refractivity contribution is -0.121. The molecule has 0 saturated carbocycles. The third-order valence-corrected chi connectivity index (χ3v) is 8.33. The highest BCUT2D eigenvalue weighted by Crippen LogP contribution is 2.27. The van der Waals surface area contributed by atoms with Gasteiger partial charge in [0.2, 0.25) is 5.91 Å². The third-order valence-electron chi connectivity index (χ3n) is 6.58. The van der Waals surface area contributed by atoms with Crippen molar-refractivity contribution in [1.82, 2.24) is 19.6 Å². The third kappa shape index (κ3) is 4.41. The predicted octanol–water partition coefficient (Wildman–Crippen LogP) is 0.987. The number of nitrogens with one attached hydrogen (secondary N) is 1. The van der Waals surface area contributed by atoms with E-state index in [0.29, 0.717) is 11.8 Å². The summed E-state index contributed by atoms with van der Waals surface area (Å²) in [6, 6.07) is 2.36. The summed E-state index contributed by atoms with van der Waals surface area (Å²) in [4.78, 5) is 17.4. The fraction of sp³-hybridized carbons (Fsp3) is 0.789. The van der Waals surface area contributed by atoms with Crippen molar-refractivity contribution >= 4 is 21.6 Å². The molecule has 0 radical (unpaired) electrons. The molecule has 9 heteroatoms. The van der Waals surface area contributed by atoms with E-state index >= 15 is 0 Å². The van der Waals surface area contributed by atoms with E-state index in [1.165, 1.54) is 0 Å². The van der Waals surface area contributed by atoms with Gasteiger partial charge < -0.3 is 10.2 Å². The normalized spacial score (nSPS) is 27.8. The van der Waals surface area contributed by atoms with Crippen molar-refractivity contribution < 1.29 is 13.2 Å². The number of likely N-dealkylation sites (tertiary alicyclic amines) is 2. The molecule has 0 aromatic carbocycles. The highest BCUT2D eigenvalue weighted by molar-refractivity contribution is 7.91. The van der Waals surface area contributed by atoms with Gasteiger partial charge in [-0.25, -0.2) is 13.1 Å². The van der Waals surface area contributed by atoms with Gasteiger partial charge in [0.1, 0.15) is 5.82 Å². The van der Waals surface area contributed by atoms with Crippen molar-refractivity contribution in [3.05, 3.63) is 12.3 Å². The molecule has 1 unspecified atom stereocenters. The van der Waals surface area contributed by atoms with E-state index in [2.05, 4.69) is 27.3 Å². The van der Waals surface area contributed by atoms with E-state index in [0.717, 1.165) is 64.1 Å². The van der Waals surface area contributed by atoms with Crippen molar-refractivity contribution in [2.45, 2.75) is 44.2 Å². The Hall–Kier alpha value is -1.45. The number of rotatable bonds is 4. The Morgan fingerprint density at radius 2 is 1.79 bits per heavy atom. The topological polar surface area (TPSA) is 87.5 Å². The molecule has 1 aromatic rings.